The van der Waals surface area contributed by atoms with Crippen molar-refractivity contribution in [2.24, 2.45) is 5.92 Å². The molecule has 0 aliphatic rings. The molecule has 8 nitrogen and oxygen atoms in total. The van der Waals surface area contributed by atoms with Gasteiger partial charge in [0.2, 0.25) is 5.91 Å². The molecule has 0 bridgehead atoms. The first-order valence-electron chi connectivity index (χ1n) is 11.2. The number of hydrogen-bond acceptors (Lipinski definition) is 5. The summed E-state index contributed by atoms with van der Waals surface area (Å²) in [5, 5.41) is 5.61. The molecule has 0 saturated carbocycles. The minimum atomic E-state index is -0.815. The summed E-state index contributed by atoms with van der Waals surface area (Å²) in [7, 11) is 0. The van der Waals surface area contributed by atoms with Gasteiger partial charge in [0.15, 0.2) is 6.61 Å². The maximum absolute atomic E-state index is 12.8. The summed E-state index contributed by atoms with van der Waals surface area (Å²) in [5.41, 5.74) is 1.28. The lowest BCUT2D eigenvalue weighted by molar-refractivity contribution is -0.133. The second-order valence-corrected chi connectivity index (χ2v) is 8.32. The molecule has 0 spiro atoms. The van der Waals surface area contributed by atoms with Crippen LogP contribution in [-0.2, 0) is 20.9 Å². The molecule has 0 radical (unpaired) electrons. The maximum Gasteiger partial charge on any atom is 0.408 e. The van der Waals surface area contributed by atoms with Crippen molar-refractivity contribution >= 4 is 35.2 Å². The molecule has 184 valence electrons. The lowest BCUT2D eigenvalue weighted by atomic mass is 10.0. The molecule has 0 heterocycles. The summed E-state index contributed by atoms with van der Waals surface area (Å²) in [5.74, 6) is -0.395. The monoisotopic (exact) mass is 489 g/mol. The second kappa shape index (κ2) is 13.4. The summed E-state index contributed by atoms with van der Waals surface area (Å²) >= 11 is 6.28. The molecule has 0 aliphatic heterocycles. The predicted octanol–water partition coefficient (Wildman–Crippen LogP) is 4.48. The van der Waals surface area contributed by atoms with E-state index in [2.05, 4.69) is 10.6 Å². The van der Waals surface area contributed by atoms with Crippen molar-refractivity contribution in [3.63, 3.8) is 0 Å². The minimum absolute atomic E-state index is 0.104. The molecule has 2 N–H and O–H groups in total. The van der Waals surface area contributed by atoms with Crippen LogP contribution in [0.15, 0.2) is 48.5 Å². The molecule has 2 aromatic rings. The molecule has 1 atom stereocenters. The number of anilines is 1. The van der Waals surface area contributed by atoms with Crippen LogP contribution < -0.4 is 15.4 Å². The van der Waals surface area contributed by atoms with Gasteiger partial charge in [0.1, 0.15) is 18.4 Å². The van der Waals surface area contributed by atoms with Crippen LogP contribution in [-0.4, -0.2) is 48.5 Å². The number of carbonyl (C=O) groups is 3. The molecule has 0 unspecified atom stereocenters. The van der Waals surface area contributed by atoms with Crippen molar-refractivity contribution < 1.29 is 23.9 Å². The molecular formula is C25H32ClN3O5. The van der Waals surface area contributed by atoms with E-state index in [-0.39, 0.29) is 30.1 Å². The molecule has 0 saturated heterocycles. The number of likely N-dealkylation sites (N-methyl/N-ethyl adjacent to an activating group) is 1. The molecule has 0 fully saturated rings. The van der Waals surface area contributed by atoms with Crippen LogP contribution in [0.25, 0.3) is 0 Å². The van der Waals surface area contributed by atoms with Crippen LogP contribution in [0.5, 0.6) is 5.75 Å². The highest BCUT2D eigenvalue weighted by molar-refractivity contribution is 6.32. The third-order valence-corrected chi connectivity index (χ3v) is 5.40. The topological polar surface area (TPSA) is 97.0 Å². The fourth-order valence-electron chi connectivity index (χ4n) is 3.15. The van der Waals surface area contributed by atoms with Crippen molar-refractivity contribution in [2.75, 3.05) is 25.0 Å². The van der Waals surface area contributed by atoms with Crippen molar-refractivity contribution in [1.29, 1.82) is 0 Å². The Kier molecular flexibility index (Phi) is 10.7. The Morgan fingerprint density at radius 3 is 2.29 bits per heavy atom. The quantitative estimate of drug-likeness (QED) is 0.485. The first kappa shape index (κ1) is 27.0. The number of alkyl carbamates (subject to hydrolysis) is 1. The van der Waals surface area contributed by atoms with Gasteiger partial charge in [-0.25, -0.2) is 4.79 Å². The third kappa shape index (κ3) is 8.26. The lowest BCUT2D eigenvalue weighted by Gasteiger charge is -2.22. The fraction of sp³-hybridized carbons (Fsp3) is 0.400. The normalized spacial score (nSPS) is 11.5. The highest BCUT2D eigenvalue weighted by Crippen LogP contribution is 2.28. The number of nitrogens with one attached hydrogen (secondary N) is 2. The summed E-state index contributed by atoms with van der Waals surface area (Å²) in [6.07, 6.45) is -0.683. The Hall–Kier alpha value is -3.26. The highest BCUT2D eigenvalue weighted by atomic mass is 35.5. The number of ether oxygens (including phenoxy) is 2. The molecule has 9 heteroatoms. The molecule has 0 aromatic heterocycles. The Morgan fingerprint density at radius 2 is 1.71 bits per heavy atom. The Balaban J connectivity index is 1.94. The van der Waals surface area contributed by atoms with Crippen LogP contribution in [0.4, 0.5) is 10.5 Å². The van der Waals surface area contributed by atoms with E-state index in [0.717, 1.165) is 5.56 Å². The summed E-state index contributed by atoms with van der Waals surface area (Å²) in [4.78, 5) is 38.8. The SMILES string of the molecule is CCN(CC)C(=O)COc1ccc(NC(=O)[C@@H](NC(=O)OCc2ccccc2)C(C)C)cc1Cl. The molecule has 3 amide bonds. The number of benzene rings is 2. The van der Waals surface area contributed by atoms with E-state index < -0.39 is 18.0 Å². The van der Waals surface area contributed by atoms with Gasteiger partial charge in [0.05, 0.1) is 5.02 Å². The summed E-state index contributed by atoms with van der Waals surface area (Å²) < 4.78 is 10.8. The van der Waals surface area contributed by atoms with Crippen LogP contribution in [0.2, 0.25) is 5.02 Å². The zero-order valence-electron chi connectivity index (χ0n) is 20.0. The number of halogens is 1. The van der Waals surface area contributed by atoms with Gasteiger partial charge in [-0.3, -0.25) is 9.59 Å². The average molecular weight is 490 g/mol. The first-order valence-corrected chi connectivity index (χ1v) is 11.6. The first-order chi connectivity index (χ1) is 16.2. The van der Waals surface area contributed by atoms with Gasteiger partial charge < -0.3 is 25.0 Å². The second-order valence-electron chi connectivity index (χ2n) is 7.92. The Labute approximate surface area is 205 Å². The average Bonchev–Trinajstić information content (AvgIpc) is 2.81. The molecule has 2 rings (SSSR count). The van der Waals surface area contributed by atoms with Crippen molar-refractivity contribution in [3.8, 4) is 5.75 Å². The van der Waals surface area contributed by atoms with Gasteiger partial charge in [-0.05, 0) is 43.5 Å². The number of amides is 3. The van der Waals surface area contributed by atoms with Gasteiger partial charge in [0.25, 0.3) is 5.91 Å². The van der Waals surface area contributed by atoms with Crippen LogP contribution in [0.3, 0.4) is 0 Å². The summed E-state index contributed by atoms with van der Waals surface area (Å²) in [6.45, 7) is 8.61. The highest BCUT2D eigenvalue weighted by Gasteiger charge is 2.25. The third-order valence-electron chi connectivity index (χ3n) is 5.10. The Morgan fingerprint density at radius 1 is 1.03 bits per heavy atom. The van der Waals surface area contributed by atoms with Crippen LogP contribution in [0, 0.1) is 5.92 Å². The van der Waals surface area contributed by atoms with E-state index in [1.54, 1.807) is 17.0 Å². The van der Waals surface area contributed by atoms with Crippen molar-refractivity contribution in [3.05, 3.63) is 59.1 Å². The zero-order valence-corrected chi connectivity index (χ0v) is 20.7. The lowest BCUT2D eigenvalue weighted by Crippen LogP contribution is -2.47. The maximum atomic E-state index is 12.8. The van der Waals surface area contributed by atoms with Gasteiger partial charge in [-0.15, -0.1) is 0 Å². The van der Waals surface area contributed by atoms with Crippen LogP contribution >= 0.6 is 11.6 Å². The number of hydrogen-bond donors (Lipinski definition) is 2. The Bertz CT molecular complexity index is 964. The smallest absolute Gasteiger partial charge is 0.408 e. The van der Waals surface area contributed by atoms with Crippen LogP contribution in [0.1, 0.15) is 33.3 Å². The predicted molar refractivity (Wildman–Crippen MR) is 132 cm³/mol. The van der Waals surface area contributed by atoms with Gasteiger partial charge in [0, 0.05) is 18.8 Å². The van der Waals surface area contributed by atoms with Gasteiger partial charge in [-0.1, -0.05) is 55.8 Å². The van der Waals surface area contributed by atoms with Crippen molar-refractivity contribution in [2.45, 2.75) is 40.3 Å². The van der Waals surface area contributed by atoms with E-state index >= 15 is 0 Å². The van der Waals surface area contributed by atoms with E-state index in [9.17, 15) is 14.4 Å². The van der Waals surface area contributed by atoms with Crippen molar-refractivity contribution in [1.82, 2.24) is 10.2 Å². The van der Waals surface area contributed by atoms with Gasteiger partial charge >= 0.3 is 6.09 Å². The molecule has 34 heavy (non-hydrogen) atoms. The molecule has 0 aliphatic carbocycles. The number of carbonyl (C=O) groups excluding carboxylic acids is 3. The summed E-state index contributed by atoms with van der Waals surface area (Å²) in [6, 6.07) is 13.2. The van der Waals surface area contributed by atoms with Gasteiger partial charge in [-0.2, -0.15) is 0 Å². The number of nitrogens with zero attached hydrogens (tertiary/aromatic N) is 1. The van der Waals surface area contributed by atoms with E-state index in [1.165, 1.54) is 6.07 Å². The zero-order chi connectivity index (χ0) is 25.1. The van der Waals surface area contributed by atoms with E-state index in [0.29, 0.717) is 24.5 Å². The van der Waals surface area contributed by atoms with E-state index in [4.69, 9.17) is 21.1 Å². The minimum Gasteiger partial charge on any atom is -0.482 e. The largest absolute Gasteiger partial charge is 0.482 e. The molecular weight excluding hydrogens is 458 g/mol. The van der Waals surface area contributed by atoms with E-state index in [1.807, 2.05) is 58.0 Å². The molecule has 2 aromatic carbocycles. The standard InChI is InChI=1S/C25H32ClN3O5/c1-5-29(6-2)22(30)16-33-21-13-12-19(14-20(21)26)27-24(31)23(17(3)4)28-25(32)34-15-18-10-8-7-9-11-18/h7-14,17,23H,5-6,15-16H2,1-4H3,(H,27,31)(H,28,32)/t23-/m0/s1. The fourth-order valence-corrected chi connectivity index (χ4v) is 3.38. The number of rotatable bonds is 11.